The van der Waals surface area contributed by atoms with Crippen LogP contribution in [0.3, 0.4) is 0 Å². The lowest BCUT2D eigenvalue weighted by atomic mass is 10.1. The molecule has 2 amide bonds. The van der Waals surface area contributed by atoms with Crippen LogP contribution in [0, 0.1) is 5.82 Å². The summed E-state index contributed by atoms with van der Waals surface area (Å²) < 4.78 is 13.1. The average molecular weight is 363 g/mol. The largest absolute Gasteiger partial charge is 0.327 e. The van der Waals surface area contributed by atoms with Crippen molar-refractivity contribution in [2.75, 3.05) is 11.9 Å². The van der Waals surface area contributed by atoms with Gasteiger partial charge in [0, 0.05) is 22.8 Å². The van der Waals surface area contributed by atoms with Crippen molar-refractivity contribution >= 4 is 29.1 Å². The molecule has 0 heterocycles. The standard InChI is InChI=1S/C19H20ClFN2O2/c1-3-11-23(19(25)14-7-9-16(21)10-8-14)13(2)18(24)22-17-6-4-5-15(20)12-17/h4-10,12-13H,3,11H2,1-2H3,(H,22,24)/t13-/m0/s1. The monoisotopic (exact) mass is 362 g/mol. The Bertz CT molecular complexity index is 749. The highest BCUT2D eigenvalue weighted by Gasteiger charge is 2.26. The number of nitrogens with zero attached hydrogens (tertiary/aromatic N) is 1. The minimum absolute atomic E-state index is 0.310. The summed E-state index contributed by atoms with van der Waals surface area (Å²) in [5, 5.41) is 3.27. The molecule has 0 aliphatic heterocycles. The Kier molecular flexibility index (Phi) is 6.53. The van der Waals surface area contributed by atoms with Crippen LogP contribution in [-0.4, -0.2) is 29.3 Å². The van der Waals surface area contributed by atoms with E-state index in [-0.39, 0.29) is 11.8 Å². The summed E-state index contributed by atoms with van der Waals surface area (Å²) in [6, 6.07) is 11.4. The molecule has 0 radical (unpaired) electrons. The van der Waals surface area contributed by atoms with E-state index < -0.39 is 11.9 Å². The molecule has 0 spiro atoms. The summed E-state index contributed by atoms with van der Waals surface area (Å²) in [5.74, 6) is -1.04. The molecule has 132 valence electrons. The molecule has 2 rings (SSSR count). The van der Waals surface area contributed by atoms with Gasteiger partial charge in [-0.15, -0.1) is 0 Å². The van der Waals surface area contributed by atoms with Gasteiger partial charge in [0.25, 0.3) is 5.91 Å². The predicted molar refractivity (Wildman–Crippen MR) is 97.3 cm³/mol. The van der Waals surface area contributed by atoms with E-state index in [1.54, 1.807) is 31.2 Å². The van der Waals surface area contributed by atoms with Gasteiger partial charge in [-0.2, -0.15) is 0 Å². The van der Waals surface area contributed by atoms with Gasteiger partial charge in [-0.05, 0) is 55.8 Å². The SMILES string of the molecule is CCCN(C(=O)c1ccc(F)cc1)[C@@H](C)C(=O)Nc1cccc(Cl)c1. The van der Waals surface area contributed by atoms with E-state index in [2.05, 4.69) is 5.32 Å². The van der Waals surface area contributed by atoms with Gasteiger partial charge in [0.15, 0.2) is 0 Å². The molecule has 2 aromatic carbocycles. The maximum atomic E-state index is 13.1. The Morgan fingerprint density at radius 2 is 1.88 bits per heavy atom. The summed E-state index contributed by atoms with van der Waals surface area (Å²) in [4.78, 5) is 26.7. The van der Waals surface area contributed by atoms with E-state index in [0.717, 1.165) is 0 Å². The highest BCUT2D eigenvalue weighted by Crippen LogP contribution is 2.17. The van der Waals surface area contributed by atoms with Gasteiger partial charge in [0.1, 0.15) is 11.9 Å². The predicted octanol–water partition coefficient (Wildman–Crippen LogP) is 4.36. The molecule has 4 nitrogen and oxygen atoms in total. The van der Waals surface area contributed by atoms with Crippen molar-refractivity contribution < 1.29 is 14.0 Å². The molecule has 6 heteroatoms. The molecule has 0 aliphatic rings. The van der Waals surface area contributed by atoms with Crippen LogP contribution in [0.5, 0.6) is 0 Å². The van der Waals surface area contributed by atoms with Gasteiger partial charge in [-0.25, -0.2) is 4.39 Å². The molecule has 1 atom stereocenters. The highest BCUT2D eigenvalue weighted by molar-refractivity contribution is 6.30. The van der Waals surface area contributed by atoms with E-state index in [4.69, 9.17) is 11.6 Å². The molecule has 25 heavy (non-hydrogen) atoms. The van der Waals surface area contributed by atoms with Crippen LogP contribution in [0.2, 0.25) is 5.02 Å². The zero-order valence-corrected chi connectivity index (χ0v) is 14.9. The lowest BCUT2D eigenvalue weighted by molar-refractivity contribution is -0.120. The zero-order chi connectivity index (χ0) is 18.4. The third-order valence-electron chi connectivity index (χ3n) is 3.76. The summed E-state index contributed by atoms with van der Waals surface area (Å²) in [5.41, 5.74) is 0.910. The third kappa shape index (κ3) is 5.03. The molecule has 0 aromatic heterocycles. The number of carbonyl (C=O) groups excluding carboxylic acids is 2. The van der Waals surface area contributed by atoms with Crippen LogP contribution in [0.4, 0.5) is 10.1 Å². The van der Waals surface area contributed by atoms with Gasteiger partial charge in [-0.3, -0.25) is 9.59 Å². The van der Waals surface area contributed by atoms with E-state index >= 15 is 0 Å². The second-order valence-electron chi connectivity index (χ2n) is 5.68. The van der Waals surface area contributed by atoms with E-state index in [1.807, 2.05) is 6.92 Å². The van der Waals surface area contributed by atoms with Crippen molar-refractivity contribution in [3.05, 3.63) is 64.9 Å². The third-order valence-corrected chi connectivity index (χ3v) is 3.99. The Hall–Kier alpha value is -2.40. The van der Waals surface area contributed by atoms with Crippen LogP contribution in [0.15, 0.2) is 48.5 Å². The maximum absolute atomic E-state index is 13.1. The van der Waals surface area contributed by atoms with Crippen molar-refractivity contribution in [1.82, 2.24) is 4.90 Å². The second kappa shape index (κ2) is 8.62. The number of nitrogens with one attached hydrogen (secondary N) is 1. The van der Waals surface area contributed by atoms with E-state index in [9.17, 15) is 14.0 Å². The van der Waals surface area contributed by atoms with Gasteiger partial charge in [0.05, 0.1) is 0 Å². The first-order chi connectivity index (χ1) is 11.9. The average Bonchev–Trinajstić information content (AvgIpc) is 2.59. The molecule has 0 fully saturated rings. The molecular formula is C19H20ClFN2O2. The van der Waals surface area contributed by atoms with Crippen molar-refractivity contribution in [3.63, 3.8) is 0 Å². The summed E-state index contributed by atoms with van der Waals surface area (Å²) >= 11 is 5.92. The summed E-state index contributed by atoms with van der Waals surface area (Å²) in [6.45, 7) is 4.00. The number of rotatable bonds is 6. The molecular weight excluding hydrogens is 343 g/mol. The number of carbonyl (C=O) groups is 2. The minimum atomic E-state index is -0.684. The fourth-order valence-corrected chi connectivity index (χ4v) is 2.62. The molecule has 1 N–H and O–H groups in total. The Morgan fingerprint density at radius 1 is 1.20 bits per heavy atom. The number of amides is 2. The highest BCUT2D eigenvalue weighted by atomic mass is 35.5. The zero-order valence-electron chi connectivity index (χ0n) is 14.1. The van der Waals surface area contributed by atoms with Gasteiger partial charge in [-0.1, -0.05) is 24.6 Å². The first kappa shape index (κ1) is 18.9. The van der Waals surface area contributed by atoms with Gasteiger partial charge >= 0.3 is 0 Å². The van der Waals surface area contributed by atoms with Gasteiger partial charge < -0.3 is 10.2 Å². The minimum Gasteiger partial charge on any atom is -0.327 e. The van der Waals surface area contributed by atoms with Gasteiger partial charge in [0.2, 0.25) is 5.91 Å². The number of halogens is 2. The fourth-order valence-electron chi connectivity index (χ4n) is 2.42. The first-order valence-electron chi connectivity index (χ1n) is 8.05. The van der Waals surface area contributed by atoms with E-state index in [0.29, 0.717) is 29.2 Å². The first-order valence-corrected chi connectivity index (χ1v) is 8.43. The number of benzene rings is 2. The normalized spacial score (nSPS) is 11.7. The van der Waals surface area contributed by atoms with Crippen molar-refractivity contribution in [2.24, 2.45) is 0 Å². The molecule has 0 saturated carbocycles. The molecule has 0 saturated heterocycles. The molecule has 0 aliphatic carbocycles. The summed E-state index contributed by atoms with van der Waals surface area (Å²) in [6.07, 6.45) is 0.696. The van der Waals surface area contributed by atoms with Crippen LogP contribution in [-0.2, 0) is 4.79 Å². The molecule has 0 bridgehead atoms. The number of hydrogen-bond donors (Lipinski definition) is 1. The molecule has 0 unspecified atom stereocenters. The van der Waals surface area contributed by atoms with Crippen LogP contribution < -0.4 is 5.32 Å². The Morgan fingerprint density at radius 3 is 2.48 bits per heavy atom. The lowest BCUT2D eigenvalue weighted by Crippen LogP contribution is -2.46. The quantitative estimate of drug-likeness (QED) is 0.830. The number of anilines is 1. The van der Waals surface area contributed by atoms with Crippen LogP contribution >= 0.6 is 11.6 Å². The summed E-state index contributed by atoms with van der Waals surface area (Å²) in [7, 11) is 0. The smallest absolute Gasteiger partial charge is 0.254 e. The van der Waals surface area contributed by atoms with Crippen LogP contribution in [0.25, 0.3) is 0 Å². The second-order valence-corrected chi connectivity index (χ2v) is 6.12. The van der Waals surface area contributed by atoms with Crippen molar-refractivity contribution in [2.45, 2.75) is 26.3 Å². The number of hydrogen-bond acceptors (Lipinski definition) is 2. The Labute approximate surface area is 151 Å². The van der Waals surface area contributed by atoms with Crippen molar-refractivity contribution in [1.29, 1.82) is 0 Å². The maximum Gasteiger partial charge on any atom is 0.254 e. The topological polar surface area (TPSA) is 49.4 Å². The fraction of sp³-hybridized carbons (Fsp3) is 0.263. The lowest BCUT2D eigenvalue weighted by Gasteiger charge is -2.28. The molecule has 2 aromatic rings. The van der Waals surface area contributed by atoms with E-state index in [1.165, 1.54) is 29.2 Å². The Balaban J connectivity index is 2.15. The van der Waals surface area contributed by atoms with Crippen molar-refractivity contribution in [3.8, 4) is 0 Å². The van der Waals surface area contributed by atoms with Crippen LogP contribution in [0.1, 0.15) is 30.6 Å².